The molecule has 0 bridgehead atoms. The average Bonchev–Trinajstić information content (AvgIpc) is 2.46. The van der Waals surface area contributed by atoms with E-state index >= 15 is 0 Å². The third-order valence-corrected chi connectivity index (χ3v) is 4.73. The largest absolute Gasteiger partial charge is 0.337 e. The predicted molar refractivity (Wildman–Crippen MR) is 74.1 cm³/mol. The lowest BCUT2D eigenvalue weighted by molar-refractivity contribution is 0.0710. The Balaban J connectivity index is 2.08. The molecule has 0 aliphatic carbocycles. The number of carbonyl (C=O) groups is 1. The van der Waals surface area contributed by atoms with Crippen molar-refractivity contribution < 1.29 is 4.79 Å². The van der Waals surface area contributed by atoms with E-state index in [-0.39, 0.29) is 16.2 Å². The van der Waals surface area contributed by atoms with Crippen LogP contribution in [0, 0.1) is 11.3 Å². The Morgan fingerprint density at radius 1 is 1.47 bits per heavy atom. The Labute approximate surface area is 115 Å². The van der Waals surface area contributed by atoms with Crippen LogP contribution >= 0.6 is 11.8 Å². The van der Waals surface area contributed by atoms with Crippen molar-refractivity contribution in [3.05, 3.63) is 34.2 Å². The van der Waals surface area contributed by atoms with Gasteiger partial charge in [-0.25, -0.2) is 0 Å². The second-order valence-corrected chi connectivity index (χ2v) is 5.72. The Bertz CT molecular complexity index is 568. The van der Waals surface area contributed by atoms with Crippen molar-refractivity contribution in [1.82, 2.24) is 9.88 Å². The molecule has 1 aromatic heterocycles. The van der Waals surface area contributed by atoms with E-state index in [9.17, 15) is 14.9 Å². The maximum absolute atomic E-state index is 12.2. The van der Waals surface area contributed by atoms with Crippen molar-refractivity contribution in [2.24, 2.45) is 0 Å². The number of hydrogen-bond acceptors (Lipinski definition) is 4. The SMILES string of the molecule is CSC1(C#N)CCN(C(=O)c2cccc(=O)[nH]2)CC1. The summed E-state index contributed by atoms with van der Waals surface area (Å²) in [5, 5.41) is 9.20. The van der Waals surface area contributed by atoms with Gasteiger partial charge in [0.1, 0.15) is 10.4 Å². The molecule has 100 valence electrons. The van der Waals surface area contributed by atoms with Crippen LogP contribution in [0.5, 0.6) is 0 Å². The smallest absolute Gasteiger partial charge is 0.270 e. The Hall–Kier alpha value is -1.74. The second kappa shape index (κ2) is 5.49. The molecule has 0 aromatic carbocycles. The van der Waals surface area contributed by atoms with Gasteiger partial charge in [0.15, 0.2) is 0 Å². The molecule has 0 radical (unpaired) electrons. The fraction of sp³-hybridized carbons (Fsp3) is 0.462. The topological polar surface area (TPSA) is 77.0 Å². The number of aromatic amines is 1. The Kier molecular flexibility index (Phi) is 3.96. The summed E-state index contributed by atoms with van der Waals surface area (Å²) in [4.78, 5) is 27.6. The highest BCUT2D eigenvalue weighted by atomic mass is 32.2. The summed E-state index contributed by atoms with van der Waals surface area (Å²) in [7, 11) is 0. The zero-order valence-corrected chi connectivity index (χ0v) is 11.5. The summed E-state index contributed by atoms with van der Waals surface area (Å²) in [6, 6.07) is 6.89. The molecule has 2 heterocycles. The van der Waals surface area contributed by atoms with E-state index in [2.05, 4.69) is 11.1 Å². The number of H-pyrrole nitrogens is 1. The zero-order chi connectivity index (χ0) is 13.9. The molecule has 1 N–H and O–H groups in total. The number of nitrogens with one attached hydrogen (secondary N) is 1. The molecule has 19 heavy (non-hydrogen) atoms. The van der Waals surface area contributed by atoms with Crippen LogP contribution in [0.2, 0.25) is 0 Å². The van der Waals surface area contributed by atoms with Crippen molar-refractivity contribution >= 4 is 17.7 Å². The molecule has 1 aromatic rings. The lowest BCUT2D eigenvalue weighted by atomic mass is 9.97. The van der Waals surface area contributed by atoms with Gasteiger partial charge >= 0.3 is 0 Å². The number of piperidine rings is 1. The first-order valence-corrected chi connectivity index (χ1v) is 7.28. The molecule has 1 aliphatic rings. The van der Waals surface area contributed by atoms with Gasteiger partial charge in [0.05, 0.1) is 6.07 Å². The monoisotopic (exact) mass is 277 g/mol. The molecule has 1 amide bonds. The highest BCUT2D eigenvalue weighted by Gasteiger charge is 2.35. The van der Waals surface area contributed by atoms with Gasteiger partial charge in [-0.1, -0.05) is 6.07 Å². The van der Waals surface area contributed by atoms with Crippen molar-refractivity contribution in [2.75, 3.05) is 19.3 Å². The molecule has 2 rings (SSSR count). The molecule has 0 spiro atoms. The van der Waals surface area contributed by atoms with Crippen molar-refractivity contribution in [1.29, 1.82) is 5.26 Å². The second-order valence-electron chi connectivity index (χ2n) is 4.53. The first-order chi connectivity index (χ1) is 9.10. The zero-order valence-electron chi connectivity index (χ0n) is 10.7. The van der Waals surface area contributed by atoms with E-state index < -0.39 is 0 Å². The van der Waals surface area contributed by atoms with Crippen LogP contribution < -0.4 is 5.56 Å². The maximum atomic E-state index is 12.2. The lowest BCUT2D eigenvalue weighted by Crippen LogP contribution is -2.44. The average molecular weight is 277 g/mol. The predicted octanol–water partition coefficient (Wildman–Crippen LogP) is 1.24. The van der Waals surface area contributed by atoms with Crippen molar-refractivity contribution in [2.45, 2.75) is 17.6 Å². The fourth-order valence-electron chi connectivity index (χ4n) is 2.18. The van der Waals surface area contributed by atoms with Gasteiger partial charge in [0.25, 0.3) is 5.91 Å². The molecule has 5 nitrogen and oxygen atoms in total. The number of carbonyl (C=O) groups excluding carboxylic acids is 1. The van der Waals surface area contributed by atoms with Gasteiger partial charge in [-0.3, -0.25) is 9.59 Å². The van der Waals surface area contributed by atoms with Crippen molar-refractivity contribution in [3.63, 3.8) is 0 Å². The van der Waals surface area contributed by atoms with E-state index in [1.807, 2.05) is 6.26 Å². The minimum Gasteiger partial charge on any atom is -0.337 e. The minimum atomic E-state index is -0.374. The van der Waals surface area contributed by atoms with Gasteiger partial charge in [0.2, 0.25) is 5.56 Å². The number of pyridine rings is 1. The summed E-state index contributed by atoms with van der Waals surface area (Å²) in [6.45, 7) is 1.09. The molecular formula is C13H15N3O2S. The van der Waals surface area contributed by atoms with Gasteiger partial charge in [-0.05, 0) is 25.2 Å². The number of thioether (sulfide) groups is 1. The van der Waals surface area contributed by atoms with Crippen LogP contribution in [0.4, 0.5) is 0 Å². The van der Waals surface area contributed by atoms with Gasteiger partial charge in [-0.2, -0.15) is 5.26 Å². The quantitative estimate of drug-likeness (QED) is 0.882. The number of likely N-dealkylation sites (tertiary alicyclic amines) is 1. The highest BCUT2D eigenvalue weighted by molar-refractivity contribution is 8.00. The maximum Gasteiger partial charge on any atom is 0.270 e. The standard InChI is InChI=1S/C13H15N3O2S/c1-19-13(9-14)5-7-16(8-6-13)12(18)10-3-2-4-11(17)15-10/h2-4H,5-8H2,1H3,(H,15,17). The summed E-state index contributed by atoms with van der Waals surface area (Å²) in [5.41, 5.74) is 0.0273. The molecule has 1 fully saturated rings. The van der Waals surface area contributed by atoms with Crippen molar-refractivity contribution in [3.8, 4) is 6.07 Å². The third-order valence-electron chi connectivity index (χ3n) is 3.45. The minimum absolute atomic E-state index is 0.176. The van der Waals surface area contributed by atoms with Gasteiger partial charge in [-0.15, -0.1) is 11.8 Å². The number of nitrogens with zero attached hydrogens (tertiary/aromatic N) is 2. The summed E-state index contributed by atoms with van der Waals surface area (Å²) < 4.78 is -0.374. The van der Waals surface area contributed by atoms with Crippen LogP contribution in [-0.2, 0) is 0 Å². The first kappa shape index (κ1) is 13.7. The number of aromatic nitrogens is 1. The van der Waals surface area contributed by atoms with Gasteiger partial charge < -0.3 is 9.88 Å². The van der Waals surface area contributed by atoms with E-state index in [0.29, 0.717) is 31.6 Å². The number of hydrogen-bond donors (Lipinski definition) is 1. The van der Waals surface area contributed by atoms with Crippen LogP contribution in [0.3, 0.4) is 0 Å². The third kappa shape index (κ3) is 2.82. The molecule has 1 saturated heterocycles. The Morgan fingerprint density at radius 2 is 2.16 bits per heavy atom. The highest BCUT2D eigenvalue weighted by Crippen LogP contribution is 2.33. The Morgan fingerprint density at radius 3 is 2.68 bits per heavy atom. The summed E-state index contributed by atoms with van der Waals surface area (Å²) in [6.07, 6.45) is 3.25. The molecule has 0 saturated carbocycles. The summed E-state index contributed by atoms with van der Waals surface area (Å²) in [5.74, 6) is -0.176. The molecule has 6 heteroatoms. The van der Waals surface area contributed by atoms with Crippen LogP contribution in [0.15, 0.2) is 23.0 Å². The van der Waals surface area contributed by atoms with E-state index in [4.69, 9.17) is 0 Å². The summed E-state index contributed by atoms with van der Waals surface area (Å²) >= 11 is 1.55. The molecule has 0 atom stereocenters. The van der Waals surface area contributed by atoms with Crippen LogP contribution in [0.25, 0.3) is 0 Å². The number of amides is 1. The molecule has 0 unspecified atom stereocenters. The molecular weight excluding hydrogens is 262 g/mol. The lowest BCUT2D eigenvalue weighted by Gasteiger charge is -2.36. The van der Waals surface area contributed by atoms with Gasteiger partial charge in [0, 0.05) is 19.2 Å². The normalized spacial score (nSPS) is 17.8. The fourth-order valence-corrected chi connectivity index (χ4v) is 2.86. The van der Waals surface area contributed by atoms with E-state index in [0.717, 1.165) is 0 Å². The van der Waals surface area contributed by atoms with Crippen LogP contribution in [0.1, 0.15) is 23.3 Å². The van der Waals surface area contributed by atoms with Crippen LogP contribution in [-0.4, -0.2) is 39.9 Å². The first-order valence-electron chi connectivity index (χ1n) is 6.05. The molecule has 1 aliphatic heterocycles. The van der Waals surface area contributed by atoms with E-state index in [1.54, 1.807) is 28.8 Å². The number of rotatable bonds is 2. The number of nitriles is 1. The van der Waals surface area contributed by atoms with E-state index in [1.165, 1.54) is 6.07 Å².